The van der Waals surface area contributed by atoms with E-state index < -0.39 is 0 Å². The lowest BCUT2D eigenvalue weighted by atomic mass is 9.95. The molecule has 4 heteroatoms. The Morgan fingerprint density at radius 1 is 1.22 bits per heavy atom. The van der Waals surface area contributed by atoms with Gasteiger partial charge in [-0.1, -0.05) is 31.7 Å². The number of hydrogen-bond donors (Lipinski definition) is 0. The maximum Gasteiger partial charge on any atom is 0.338 e. The van der Waals surface area contributed by atoms with Gasteiger partial charge in [-0.05, 0) is 42.9 Å². The normalized spacial score (nSPS) is 17.9. The Hall–Kier alpha value is -1.84. The van der Waals surface area contributed by atoms with Crippen molar-refractivity contribution >= 4 is 17.6 Å². The minimum absolute atomic E-state index is 0.194. The minimum atomic E-state index is -0.317. The zero-order chi connectivity index (χ0) is 16.2. The van der Waals surface area contributed by atoms with E-state index in [0.717, 1.165) is 43.0 Å². The molecule has 1 aliphatic heterocycles. The Balaban J connectivity index is 1.75. The van der Waals surface area contributed by atoms with Gasteiger partial charge < -0.3 is 9.64 Å². The van der Waals surface area contributed by atoms with Crippen molar-refractivity contribution in [2.75, 3.05) is 18.6 Å². The van der Waals surface area contributed by atoms with Crippen LogP contribution in [0.25, 0.3) is 0 Å². The van der Waals surface area contributed by atoms with Crippen LogP contribution >= 0.6 is 0 Å². The van der Waals surface area contributed by atoms with Crippen molar-refractivity contribution in [1.29, 1.82) is 0 Å². The summed E-state index contributed by atoms with van der Waals surface area (Å²) in [5.41, 5.74) is 2.45. The molecule has 0 N–H and O–H groups in total. The number of anilines is 1. The molecule has 4 nitrogen and oxygen atoms in total. The summed E-state index contributed by atoms with van der Waals surface area (Å²) in [4.78, 5) is 26.5. The van der Waals surface area contributed by atoms with Crippen LogP contribution in [-0.2, 0) is 16.0 Å². The Labute approximate surface area is 137 Å². The standard InChI is InChI=1S/C19H25NO3/c1-23-19(22)16-8-4-10-17-15(16)9-5-13-20(17)18(21)12-11-14-6-2-3-7-14/h4,8,10,14H,2-3,5-7,9,11-13H2,1H3. The zero-order valence-corrected chi connectivity index (χ0v) is 13.8. The topological polar surface area (TPSA) is 46.6 Å². The van der Waals surface area contributed by atoms with E-state index in [1.165, 1.54) is 32.8 Å². The van der Waals surface area contributed by atoms with Gasteiger partial charge in [0.25, 0.3) is 0 Å². The average molecular weight is 315 g/mol. The number of nitrogens with zero attached hydrogens (tertiary/aromatic N) is 1. The van der Waals surface area contributed by atoms with Crippen LogP contribution in [0.3, 0.4) is 0 Å². The second kappa shape index (κ2) is 7.16. The molecule has 1 heterocycles. The molecule has 124 valence electrons. The minimum Gasteiger partial charge on any atom is -0.465 e. The Bertz CT molecular complexity index is 590. The van der Waals surface area contributed by atoms with E-state index in [4.69, 9.17) is 4.74 Å². The van der Waals surface area contributed by atoms with Gasteiger partial charge in [-0.2, -0.15) is 0 Å². The summed E-state index contributed by atoms with van der Waals surface area (Å²) in [6.45, 7) is 0.751. The molecule has 0 radical (unpaired) electrons. The van der Waals surface area contributed by atoms with Gasteiger partial charge in [0.2, 0.25) is 5.91 Å². The first-order chi connectivity index (χ1) is 11.2. The summed E-state index contributed by atoms with van der Waals surface area (Å²) in [5.74, 6) is 0.603. The lowest BCUT2D eigenvalue weighted by Gasteiger charge is -2.31. The van der Waals surface area contributed by atoms with E-state index in [0.29, 0.717) is 12.0 Å². The van der Waals surface area contributed by atoms with Gasteiger partial charge >= 0.3 is 5.97 Å². The van der Waals surface area contributed by atoms with Crippen LogP contribution in [-0.4, -0.2) is 25.5 Å². The largest absolute Gasteiger partial charge is 0.465 e. The number of esters is 1. The predicted molar refractivity (Wildman–Crippen MR) is 89.6 cm³/mol. The van der Waals surface area contributed by atoms with E-state index in [1.807, 2.05) is 17.0 Å². The molecule has 1 aromatic rings. The SMILES string of the molecule is COC(=O)c1cccc2c1CCCN2C(=O)CCC1CCCC1. The maximum atomic E-state index is 12.7. The summed E-state index contributed by atoms with van der Waals surface area (Å²) < 4.78 is 4.87. The highest BCUT2D eigenvalue weighted by atomic mass is 16.5. The van der Waals surface area contributed by atoms with Crippen molar-refractivity contribution in [3.63, 3.8) is 0 Å². The monoisotopic (exact) mass is 315 g/mol. The molecule has 0 aromatic heterocycles. The molecule has 1 aromatic carbocycles. The predicted octanol–water partition coefficient (Wildman–Crippen LogP) is 3.72. The summed E-state index contributed by atoms with van der Waals surface area (Å²) >= 11 is 0. The Kier molecular flexibility index (Phi) is 4.99. The Morgan fingerprint density at radius 3 is 2.74 bits per heavy atom. The molecule has 1 saturated carbocycles. The molecule has 0 bridgehead atoms. The van der Waals surface area contributed by atoms with Crippen LogP contribution in [0.2, 0.25) is 0 Å². The Morgan fingerprint density at radius 2 is 2.00 bits per heavy atom. The molecule has 23 heavy (non-hydrogen) atoms. The van der Waals surface area contributed by atoms with Gasteiger partial charge in [0, 0.05) is 18.7 Å². The molecule has 1 aliphatic carbocycles. The number of carbonyl (C=O) groups excluding carboxylic acids is 2. The molecule has 1 amide bonds. The third-order valence-corrected chi connectivity index (χ3v) is 5.20. The highest BCUT2D eigenvalue weighted by Gasteiger charge is 2.27. The molecular formula is C19H25NO3. The number of rotatable bonds is 4. The van der Waals surface area contributed by atoms with Gasteiger partial charge in [0.15, 0.2) is 0 Å². The number of hydrogen-bond acceptors (Lipinski definition) is 3. The van der Waals surface area contributed by atoms with Gasteiger partial charge in [-0.25, -0.2) is 4.79 Å². The molecule has 0 saturated heterocycles. The number of fused-ring (bicyclic) bond motifs is 1. The fourth-order valence-corrected chi connectivity index (χ4v) is 3.95. The van der Waals surface area contributed by atoms with Crippen molar-refractivity contribution < 1.29 is 14.3 Å². The van der Waals surface area contributed by atoms with Gasteiger partial charge in [0.1, 0.15) is 0 Å². The van der Waals surface area contributed by atoms with E-state index in [2.05, 4.69) is 0 Å². The number of amides is 1. The van der Waals surface area contributed by atoms with Crippen LogP contribution in [0.4, 0.5) is 5.69 Å². The highest BCUT2D eigenvalue weighted by molar-refractivity contribution is 5.98. The van der Waals surface area contributed by atoms with Crippen molar-refractivity contribution in [3.8, 4) is 0 Å². The fourth-order valence-electron chi connectivity index (χ4n) is 3.95. The average Bonchev–Trinajstić information content (AvgIpc) is 3.11. The van der Waals surface area contributed by atoms with Crippen LogP contribution in [0, 0.1) is 5.92 Å². The van der Waals surface area contributed by atoms with E-state index in [1.54, 1.807) is 6.07 Å². The summed E-state index contributed by atoms with van der Waals surface area (Å²) in [5, 5.41) is 0. The zero-order valence-electron chi connectivity index (χ0n) is 13.8. The maximum absolute atomic E-state index is 12.7. The first-order valence-corrected chi connectivity index (χ1v) is 8.71. The molecular weight excluding hydrogens is 290 g/mol. The van der Waals surface area contributed by atoms with Crippen molar-refractivity contribution in [2.24, 2.45) is 5.92 Å². The summed E-state index contributed by atoms with van der Waals surface area (Å²) in [7, 11) is 1.40. The van der Waals surface area contributed by atoms with Crippen molar-refractivity contribution in [1.82, 2.24) is 0 Å². The first kappa shape index (κ1) is 16.0. The molecule has 3 rings (SSSR count). The molecule has 0 unspecified atom stereocenters. The van der Waals surface area contributed by atoms with Crippen molar-refractivity contribution in [3.05, 3.63) is 29.3 Å². The van der Waals surface area contributed by atoms with E-state index in [9.17, 15) is 9.59 Å². The van der Waals surface area contributed by atoms with Crippen molar-refractivity contribution in [2.45, 2.75) is 51.4 Å². The number of methoxy groups -OCH3 is 1. The smallest absolute Gasteiger partial charge is 0.338 e. The quantitative estimate of drug-likeness (QED) is 0.796. The fraction of sp³-hybridized carbons (Fsp3) is 0.579. The third-order valence-electron chi connectivity index (χ3n) is 5.20. The van der Waals surface area contributed by atoms with Crippen LogP contribution in [0.1, 0.15) is 60.9 Å². The van der Waals surface area contributed by atoms with Crippen LogP contribution in [0.15, 0.2) is 18.2 Å². The molecule has 0 spiro atoms. The molecule has 0 atom stereocenters. The first-order valence-electron chi connectivity index (χ1n) is 8.71. The molecule has 1 fully saturated rings. The molecule has 2 aliphatic rings. The lowest BCUT2D eigenvalue weighted by molar-refractivity contribution is -0.119. The van der Waals surface area contributed by atoms with Gasteiger partial charge in [-0.3, -0.25) is 4.79 Å². The van der Waals surface area contributed by atoms with Gasteiger partial charge in [0.05, 0.1) is 12.7 Å². The van der Waals surface area contributed by atoms with Crippen LogP contribution < -0.4 is 4.90 Å². The summed E-state index contributed by atoms with van der Waals surface area (Å²) in [6.07, 6.45) is 8.52. The second-order valence-electron chi connectivity index (χ2n) is 6.63. The lowest BCUT2D eigenvalue weighted by Crippen LogP contribution is -2.36. The third kappa shape index (κ3) is 3.41. The highest BCUT2D eigenvalue weighted by Crippen LogP contribution is 2.32. The second-order valence-corrected chi connectivity index (χ2v) is 6.63. The van der Waals surface area contributed by atoms with Gasteiger partial charge in [-0.15, -0.1) is 0 Å². The number of benzene rings is 1. The number of carbonyl (C=O) groups is 2. The summed E-state index contributed by atoms with van der Waals surface area (Å²) in [6, 6.07) is 5.58. The van der Waals surface area contributed by atoms with E-state index in [-0.39, 0.29) is 11.9 Å². The van der Waals surface area contributed by atoms with Crippen LogP contribution in [0.5, 0.6) is 0 Å². The van der Waals surface area contributed by atoms with E-state index >= 15 is 0 Å². The number of ether oxygens (including phenoxy) is 1.